The number of Topliss-reactive ketones (excluding diaryl/α,β-unsaturated/α-hetero) is 1. The van der Waals surface area contributed by atoms with E-state index in [2.05, 4.69) is 0 Å². The Kier molecular flexibility index (Phi) is 4.10. The summed E-state index contributed by atoms with van der Waals surface area (Å²) in [5, 5.41) is 0. The van der Waals surface area contributed by atoms with Gasteiger partial charge in [0.15, 0.2) is 11.8 Å². The van der Waals surface area contributed by atoms with Gasteiger partial charge in [0.05, 0.1) is 0 Å². The number of ether oxygens (including phenoxy) is 1. The van der Waals surface area contributed by atoms with Crippen molar-refractivity contribution in [3.63, 3.8) is 0 Å². The first-order valence-corrected chi connectivity index (χ1v) is 6.18. The maximum absolute atomic E-state index is 11.8. The van der Waals surface area contributed by atoms with Crippen LogP contribution in [0.15, 0.2) is 30.3 Å². The Balaban J connectivity index is 1.82. The average molecular weight is 247 g/mol. The van der Waals surface area contributed by atoms with Crippen molar-refractivity contribution in [2.75, 3.05) is 0 Å². The molecule has 1 aromatic carbocycles. The van der Waals surface area contributed by atoms with Crippen LogP contribution in [0.4, 0.5) is 0 Å². The summed E-state index contributed by atoms with van der Waals surface area (Å²) >= 11 is 0. The summed E-state index contributed by atoms with van der Waals surface area (Å²) < 4.78 is 5.04. The zero-order chi connectivity index (χ0) is 13.0. The lowest BCUT2D eigenvalue weighted by atomic mass is 9.80. The number of rotatable bonds is 5. The van der Waals surface area contributed by atoms with E-state index in [-0.39, 0.29) is 18.3 Å². The molecule has 1 aromatic rings. The molecule has 4 heteroatoms. The van der Waals surface area contributed by atoms with Crippen LogP contribution in [-0.4, -0.2) is 17.8 Å². The van der Waals surface area contributed by atoms with Crippen molar-refractivity contribution in [1.29, 1.82) is 0 Å². The highest BCUT2D eigenvalue weighted by Crippen LogP contribution is 2.27. The van der Waals surface area contributed by atoms with E-state index < -0.39 is 12.0 Å². The molecule has 0 amide bonds. The van der Waals surface area contributed by atoms with Gasteiger partial charge in [0, 0.05) is 5.92 Å². The first-order valence-electron chi connectivity index (χ1n) is 6.18. The van der Waals surface area contributed by atoms with Gasteiger partial charge in [-0.1, -0.05) is 36.8 Å². The van der Waals surface area contributed by atoms with Crippen molar-refractivity contribution in [1.82, 2.24) is 0 Å². The normalized spacial score (nSPS) is 16.7. The molecule has 0 aromatic heterocycles. The van der Waals surface area contributed by atoms with Crippen LogP contribution in [0, 0.1) is 5.92 Å². The van der Waals surface area contributed by atoms with Crippen molar-refractivity contribution < 1.29 is 14.3 Å². The lowest BCUT2D eigenvalue weighted by molar-refractivity contribution is -0.150. The molecule has 4 nitrogen and oxygen atoms in total. The molecule has 96 valence electrons. The molecule has 0 aliphatic heterocycles. The van der Waals surface area contributed by atoms with Crippen LogP contribution in [0.3, 0.4) is 0 Å². The summed E-state index contributed by atoms with van der Waals surface area (Å²) in [4.78, 5) is 23.4. The van der Waals surface area contributed by atoms with Crippen LogP contribution in [-0.2, 0) is 20.9 Å². The largest absolute Gasteiger partial charge is 0.459 e. The third-order valence-electron chi connectivity index (χ3n) is 3.29. The summed E-state index contributed by atoms with van der Waals surface area (Å²) in [6.07, 6.45) is 2.74. The molecule has 0 spiro atoms. The van der Waals surface area contributed by atoms with Gasteiger partial charge >= 0.3 is 5.97 Å². The Labute approximate surface area is 106 Å². The van der Waals surface area contributed by atoms with E-state index in [1.165, 1.54) is 0 Å². The van der Waals surface area contributed by atoms with E-state index in [1.807, 2.05) is 30.3 Å². The molecule has 2 rings (SSSR count). The summed E-state index contributed by atoms with van der Waals surface area (Å²) in [6.45, 7) is 0.158. The molecule has 1 fully saturated rings. The van der Waals surface area contributed by atoms with Crippen molar-refractivity contribution >= 4 is 11.8 Å². The molecule has 0 radical (unpaired) electrons. The summed E-state index contributed by atoms with van der Waals surface area (Å²) in [6, 6.07) is 8.20. The topological polar surface area (TPSA) is 69.4 Å². The standard InChI is InChI=1S/C14H17NO3/c15-12(13(16)11-7-4-8-11)14(17)18-9-10-5-2-1-3-6-10/h1-3,5-6,11-12H,4,7-9,15H2. The number of ketones is 1. The molecule has 0 heterocycles. The Bertz CT molecular complexity index is 426. The highest BCUT2D eigenvalue weighted by molar-refractivity contribution is 6.04. The van der Waals surface area contributed by atoms with Crippen LogP contribution >= 0.6 is 0 Å². The third-order valence-corrected chi connectivity index (χ3v) is 3.29. The Hall–Kier alpha value is -1.68. The van der Waals surface area contributed by atoms with Gasteiger partial charge < -0.3 is 10.5 Å². The Morgan fingerprint density at radius 3 is 2.50 bits per heavy atom. The van der Waals surface area contributed by atoms with Crippen molar-refractivity contribution in [3.05, 3.63) is 35.9 Å². The molecule has 0 bridgehead atoms. The number of benzene rings is 1. The fourth-order valence-electron chi connectivity index (χ4n) is 1.88. The van der Waals surface area contributed by atoms with Gasteiger partial charge in [-0.25, -0.2) is 4.79 Å². The molecule has 0 saturated heterocycles. The quantitative estimate of drug-likeness (QED) is 0.631. The first kappa shape index (κ1) is 12.8. The molecular formula is C14H17NO3. The van der Waals surface area contributed by atoms with Crippen LogP contribution in [0.1, 0.15) is 24.8 Å². The zero-order valence-corrected chi connectivity index (χ0v) is 10.2. The summed E-state index contributed by atoms with van der Waals surface area (Å²) in [5.41, 5.74) is 6.49. The monoisotopic (exact) mass is 247 g/mol. The van der Waals surface area contributed by atoms with E-state index in [9.17, 15) is 9.59 Å². The lowest BCUT2D eigenvalue weighted by Gasteiger charge is -2.25. The van der Waals surface area contributed by atoms with Gasteiger partial charge in [0.25, 0.3) is 0 Å². The number of hydrogen-bond acceptors (Lipinski definition) is 4. The van der Waals surface area contributed by atoms with Crippen LogP contribution in [0.25, 0.3) is 0 Å². The molecule has 1 atom stereocenters. The Morgan fingerprint density at radius 2 is 1.94 bits per heavy atom. The van der Waals surface area contributed by atoms with Gasteiger partial charge in [0.1, 0.15) is 6.61 Å². The SMILES string of the molecule is NC(C(=O)OCc1ccccc1)C(=O)C1CCC1. The van der Waals surface area contributed by atoms with Crippen molar-refractivity contribution in [2.24, 2.45) is 11.7 Å². The second-order valence-electron chi connectivity index (χ2n) is 4.60. The number of nitrogens with two attached hydrogens (primary N) is 1. The van der Waals surface area contributed by atoms with E-state index >= 15 is 0 Å². The van der Waals surface area contributed by atoms with Gasteiger partial charge in [-0.05, 0) is 18.4 Å². The number of carbonyl (C=O) groups is 2. The van der Waals surface area contributed by atoms with Crippen LogP contribution < -0.4 is 5.73 Å². The first-order chi connectivity index (χ1) is 8.68. The van der Waals surface area contributed by atoms with E-state index in [0.717, 1.165) is 24.8 Å². The molecule has 1 aliphatic rings. The fraction of sp³-hybridized carbons (Fsp3) is 0.429. The maximum Gasteiger partial charge on any atom is 0.331 e. The molecular weight excluding hydrogens is 230 g/mol. The minimum Gasteiger partial charge on any atom is -0.459 e. The molecule has 2 N–H and O–H groups in total. The van der Waals surface area contributed by atoms with E-state index in [4.69, 9.17) is 10.5 Å². The average Bonchev–Trinajstić information content (AvgIpc) is 2.34. The van der Waals surface area contributed by atoms with Gasteiger partial charge in [-0.2, -0.15) is 0 Å². The van der Waals surface area contributed by atoms with Gasteiger partial charge in [0.2, 0.25) is 0 Å². The smallest absolute Gasteiger partial charge is 0.331 e. The Morgan fingerprint density at radius 1 is 1.28 bits per heavy atom. The molecule has 18 heavy (non-hydrogen) atoms. The second kappa shape index (κ2) is 5.78. The zero-order valence-electron chi connectivity index (χ0n) is 10.2. The second-order valence-corrected chi connectivity index (χ2v) is 4.60. The van der Waals surface area contributed by atoms with Gasteiger partial charge in [-0.15, -0.1) is 0 Å². The van der Waals surface area contributed by atoms with Crippen molar-refractivity contribution in [2.45, 2.75) is 31.9 Å². The van der Waals surface area contributed by atoms with Crippen LogP contribution in [0.2, 0.25) is 0 Å². The highest BCUT2D eigenvalue weighted by Gasteiger charge is 2.33. The van der Waals surface area contributed by atoms with Gasteiger partial charge in [-0.3, -0.25) is 4.79 Å². The number of carbonyl (C=O) groups excluding carboxylic acids is 2. The maximum atomic E-state index is 11.8. The molecule has 1 aliphatic carbocycles. The minimum absolute atomic E-state index is 0.0377. The highest BCUT2D eigenvalue weighted by atomic mass is 16.5. The summed E-state index contributed by atoms with van der Waals surface area (Å²) in [7, 11) is 0. The lowest BCUT2D eigenvalue weighted by Crippen LogP contribution is -2.44. The fourth-order valence-corrected chi connectivity index (χ4v) is 1.88. The third kappa shape index (κ3) is 2.96. The molecule has 1 unspecified atom stereocenters. The summed E-state index contributed by atoms with van der Waals surface area (Å²) in [5.74, 6) is -0.848. The predicted octanol–water partition coefficient (Wildman–Crippen LogP) is 1.43. The number of esters is 1. The van der Waals surface area contributed by atoms with Crippen molar-refractivity contribution in [3.8, 4) is 0 Å². The minimum atomic E-state index is -1.13. The van der Waals surface area contributed by atoms with E-state index in [1.54, 1.807) is 0 Å². The van der Waals surface area contributed by atoms with E-state index in [0.29, 0.717) is 0 Å². The molecule has 1 saturated carbocycles. The van der Waals surface area contributed by atoms with Crippen LogP contribution in [0.5, 0.6) is 0 Å². The predicted molar refractivity (Wildman–Crippen MR) is 66.6 cm³/mol. The number of hydrogen-bond donors (Lipinski definition) is 1.